The number of nitrogens with one attached hydrogen (secondary N) is 3. The van der Waals surface area contributed by atoms with Gasteiger partial charge in [-0.2, -0.15) is 15.6 Å². The van der Waals surface area contributed by atoms with Crippen LogP contribution in [0, 0.1) is 12.7 Å². The van der Waals surface area contributed by atoms with Crippen molar-refractivity contribution in [1.82, 2.24) is 30.0 Å². The lowest BCUT2D eigenvalue weighted by Crippen LogP contribution is -2.24. The quantitative estimate of drug-likeness (QED) is 0.454. The molecule has 3 aromatic heterocycles. The Morgan fingerprint density at radius 3 is 2.70 bits per heavy atom. The van der Waals surface area contributed by atoms with E-state index >= 15 is 0 Å². The highest BCUT2D eigenvalue weighted by Crippen LogP contribution is 2.23. The molecule has 0 aliphatic rings. The fourth-order valence-electron chi connectivity index (χ4n) is 2.80. The first kappa shape index (κ1) is 17.1. The van der Waals surface area contributed by atoms with Gasteiger partial charge in [0.25, 0.3) is 0 Å². The van der Waals surface area contributed by atoms with Crippen LogP contribution in [0.5, 0.6) is 0 Å². The molecule has 0 aliphatic carbocycles. The minimum atomic E-state index is -0.475. The lowest BCUT2D eigenvalue weighted by molar-refractivity contribution is 0.0694. The molecule has 27 heavy (non-hydrogen) atoms. The van der Waals surface area contributed by atoms with Crippen molar-refractivity contribution in [3.05, 3.63) is 71.6 Å². The van der Waals surface area contributed by atoms with Crippen LogP contribution in [0.1, 0.15) is 23.1 Å². The van der Waals surface area contributed by atoms with E-state index in [2.05, 4.69) is 31.0 Å². The molecule has 0 spiro atoms. The highest BCUT2D eigenvalue weighted by Gasteiger charge is 2.20. The number of H-pyrrole nitrogens is 1. The predicted octanol–water partition coefficient (Wildman–Crippen LogP) is 2.88. The van der Waals surface area contributed by atoms with E-state index in [4.69, 9.17) is 4.84 Å². The summed E-state index contributed by atoms with van der Waals surface area (Å²) >= 11 is 0. The topological polar surface area (TPSA) is 92.2 Å². The van der Waals surface area contributed by atoms with Crippen LogP contribution in [-0.4, -0.2) is 31.7 Å². The summed E-state index contributed by atoms with van der Waals surface area (Å²) in [5.74, 6) is 1.36. The van der Waals surface area contributed by atoms with Crippen LogP contribution in [-0.2, 0) is 4.84 Å². The van der Waals surface area contributed by atoms with Gasteiger partial charge >= 0.3 is 0 Å². The first-order valence-electron chi connectivity index (χ1n) is 8.32. The number of halogens is 1. The average molecular weight is 367 g/mol. The normalized spacial score (nSPS) is 12.4. The average Bonchev–Trinajstić information content (AvgIpc) is 3.29. The zero-order valence-electron chi connectivity index (χ0n) is 14.8. The first-order valence-corrected chi connectivity index (χ1v) is 8.32. The van der Waals surface area contributed by atoms with Gasteiger partial charge in [-0.1, -0.05) is 12.1 Å². The third-order valence-corrected chi connectivity index (χ3v) is 4.05. The van der Waals surface area contributed by atoms with Gasteiger partial charge in [-0.05, 0) is 36.8 Å². The molecule has 8 nitrogen and oxygen atoms in total. The number of anilines is 2. The number of nitrogens with zero attached hydrogens (tertiary/aromatic N) is 4. The number of hydroxylamine groups is 1. The summed E-state index contributed by atoms with van der Waals surface area (Å²) in [6.45, 7) is 1.92. The van der Waals surface area contributed by atoms with Gasteiger partial charge in [0, 0.05) is 18.0 Å². The Morgan fingerprint density at radius 1 is 1.19 bits per heavy atom. The zero-order chi connectivity index (χ0) is 18.8. The number of hydrogen-bond acceptors (Lipinski definition) is 6. The minimum Gasteiger partial charge on any atom is -0.308 e. The number of aryl methyl sites for hydroxylation is 1. The molecule has 4 aromatic rings. The van der Waals surface area contributed by atoms with Crippen LogP contribution in [0.3, 0.4) is 0 Å². The number of benzene rings is 1. The van der Waals surface area contributed by atoms with E-state index in [-0.39, 0.29) is 5.82 Å². The Kier molecular flexibility index (Phi) is 4.53. The number of aromatic nitrogens is 5. The second-order valence-electron chi connectivity index (χ2n) is 6.01. The van der Waals surface area contributed by atoms with Crippen LogP contribution in [0.4, 0.5) is 16.2 Å². The van der Waals surface area contributed by atoms with Crippen LogP contribution in [0.15, 0.2) is 48.7 Å². The Morgan fingerprint density at radius 2 is 2.00 bits per heavy atom. The summed E-state index contributed by atoms with van der Waals surface area (Å²) in [5, 5.41) is 10.3. The molecule has 1 unspecified atom stereocenters. The van der Waals surface area contributed by atoms with Gasteiger partial charge in [0.1, 0.15) is 17.5 Å². The molecule has 9 heteroatoms. The number of rotatable bonds is 6. The van der Waals surface area contributed by atoms with Crippen LogP contribution in [0.25, 0.3) is 5.65 Å². The van der Waals surface area contributed by atoms with Gasteiger partial charge in [0.05, 0.1) is 7.11 Å². The maximum Gasteiger partial charge on any atom is 0.216 e. The second kappa shape index (κ2) is 7.14. The van der Waals surface area contributed by atoms with Crippen molar-refractivity contribution >= 4 is 17.4 Å². The predicted molar refractivity (Wildman–Crippen MR) is 98.0 cm³/mol. The van der Waals surface area contributed by atoms with E-state index < -0.39 is 6.04 Å². The SMILES string of the molecule is CONC(c1ccc(F)cc1)c1nc(Nc2cc(C)[nH]n2)n2cccc2n1. The smallest absolute Gasteiger partial charge is 0.216 e. The van der Waals surface area contributed by atoms with Crippen LogP contribution in [0.2, 0.25) is 0 Å². The molecule has 0 saturated heterocycles. The number of fused-ring (bicyclic) bond motifs is 1. The molecular weight excluding hydrogens is 349 g/mol. The summed E-state index contributed by atoms with van der Waals surface area (Å²) in [4.78, 5) is 14.4. The maximum atomic E-state index is 13.3. The molecule has 0 radical (unpaired) electrons. The van der Waals surface area contributed by atoms with Crippen LogP contribution < -0.4 is 10.8 Å². The molecule has 3 heterocycles. The molecule has 0 bridgehead atoms. The summed E-state index contributed by atoms with van der Waals surface area (Å²) in [5.41, 5.74) is 5.29. The summed E-state index contributed by atoms with van der Waals surface area (Å²) in [6, 6.07) is 11.3. The van der Waals surface area contributed by atoms with Crippen molar-refractivity contribution in [3.63, 3.8) is 0 Å². The molecule has 1 atom stereocenters. The van der Waals surface area contributed by atoms with Crippen molar-refractivity contribution in [1.29, 1.82) is 0 Å². The van der Waals surface area contributed by atoms with Gasteiger partial charge < -0.3 is 10.2 Å². The van der Waals surface area contributed by atoms with E-state index in [1.165, 1.54) is 19.2 Å². The van der Waals surface area contributed by atoms with Crippen molar-refractivity contribution < 1.29 is 9.23 Å². The second-order valence-corrected chi connectivity index (χ2v) is 6.01. The standard InChI is InChI=1S/C18H18FN7O/c1-11-10-14(24-23-11)20-18-22-17(21-15-4-3-9-26(15)18)16(25-27-2)12-5-7-13(19)8-6-12/h3-10,16,25H,1-2H3,(H2,20,21,22,23,24). The van der Waals surface area contributed by atoms with Gasteiger partial charge in [0.2, 0.25) is 5.95 Å². The third-order valence-electron chi connectivity index (χ3n) is 4.05. The van der Waals surface area contributed by atoms with Crippen molar-refractivity contribution in [2.45, 2.75) is 13.0 Å². The van der Waals surface area contributed by atoms with E-state index in [1.807, 2.05) is 35.7 Å². The van der Waals surface area contributed by atoms with Gasteiger partial charge in [-0.25, -0.2) is 9.37 Å². The van der Waals surface area contributed by atoms with E-state index in [1.54, 1.807) is 12.1 Å². The highest BCUT2D eigenvalue weighted by atomic mass is 19.1. The Balaban J connectivity index is 1.78. The fraction of sp³-hybridized carbons (Fsp3) is 0.167. The molecule has 3 N–H and O–H groups in total. The third kappa shape index (κ3) is 3.50. The van der Waals surface area contributed by atoms with Crippen molar-refractivity contribution in [2.75, 3.05) is 12.4 Å². The summed E-state index contributed by atoms with van der Waals surface area (Å²) in [6.07, 6.45) is 1.86. The molecule has 0 aliphatic heterocycles. The number of aromatic amines is 1. The minimum absolute atomic E-state index is 0.311. The van der Waals surface area contributed by atoms with Gasteiger partial charge in [0.15, 0.2) is 11.6 Å². The Labute approximate surface area is 154 Å². The molecule has 0 saturated carbocycles. The zero-order valence-corrected chi connectivity index (χ0v) is 14.8. The van der Waals surface area contributed by atoms with E-state index in [9.17, 15) is 4.39 Å². The van der Waals surface area contributed by atoms with Gasteiger partial charge in [-0.3, -0.25) is 9.50 Å². The van der Waals surface area contributed by atoms with E-state index in [0.29, 0.717) is 23.2 Å². The monoisotopic (exact) mass is 367 g/mol. The lowest BCUT2D eigenvalue weighted by Gasteiger charge is -2.18. The number of hydrogen-bond donors (Lipinski definition) is 3. The van der Waals surface area contributed by atoms with E-state index in [0.717, 1.165) is 11.3 Å². The molecule has 0 amide bonds. The Hall–Kier alpha value is -3.30. The molecule has 0 fully saturated rings. The maximum absolute atomic E-state index is 13.3. The molecular formula is C18H18FN7O. The first-order chi connectivity index (χ1) is 13.1. The van der Waals surface area contributed by atoms with Gasteiger partial charge in [-0.15, -0.1) is 0 Å². The summed E-state index contributed by atoms with van der Waals surface area (Å²) in [7, 11) is 1.51. The largest absolute Gasteiger partial charge is 0.308 e. The molecule has 1 aromatic carbocycles. The lowest BCUT2D eigenvalue weighted by atomic mass is 10.1. The fourth-order valence-corrected chi connectivity index (χ4v) is 2.80. The molecule has 4 rings (SSSR count). The summed E-state index contributed by atoms with van der Waals surface area (Å²) < 4.78 is 15.1. The van der Waals surface area contributed by atoms with Crippen molar-refractivity contribution in [2.24, 2.45) is 0 Å². The molecule has 138 valence electrons. The van der Waals surface area contributed by atoms with Crippen LogP contribution >= 0.6 is 0 Å². The Bertz CT molecular complexity index is 1060. The van der Waals surface area contributed by atoms with Crippen molar-refractivity contribution in [3.8, 4) is 0 Å². The highest BCUT2D eigenvalue weighted by molar-refractivity contribution is 5.54.